The average molecular weight is 273 g/mol. The molecule has 5 heteroatoms. The van der Waals surface area contributed by atoms with Gasteiger partial charge in [0.1, 0.15) is 6.07 Å². The normalized spacial score (nSPS) is 14.1. The summed E-state index contributed by atoms with van der Waals surface area (Å²) in [6.07, 6.45) is 3.33. The molecule has 5 nitrogen and oxygen atoms in total. The van der Waals surface area contributed by atoms with E-state index < -0.39 is 4.92 Å². The summed E-state index contributed by atoms with van der Waals surface area (Å²) in [6.45, 7) is 5.24. The van der Waals surface area contributed by atoms with Gasteiger partial charge in [-0.15, -0.1) is 0 Å². The molecule has 0 radical (unpaired) electrons. The van der Waals surface area contributed by atoms with Crippen molar-refractivity contribution in [2.75, 3.05) is 11.4 Å². The van der Waals surface area contributed by atoms with Crippen molar-refractivity contribution in [3.8, 4) is 6.07 Å². The number of nitrogens with zero attached hydrogens (tertiary/aromatic N) is 3. The highest BCUT2D eigenvalue weighted by Gasteiger charge is 2.30. The van der Waals surface area contributed by atoms with E-state index in [4.69, 9.17) is 0 Å². The second-order valence-electron chi connectivity index (χ2n) is 5.68. The number of non-ortho nitro benzene ring substituents is 1. The van der Waals surface area contributed by atoms with Gasteiger partial charge in [0.15, 0.2) is 0 Å². The summed E-state index contributed by atoms with van der Waals surface area (Å²) in [5.74, 6) is 0.597. The molecule has 0 aliphatic heterocycles. The van der Waals surface area contributed by atoms with Gasteiger partial charge in [-0.25, -0.2) is 0 Å². The summed E-state index contributed by atoms with van der Waals surface area (Å²) < 4.78 is 0. The molecule has 0 heterocycles. The van der Waals surface area contributed by atoms with E-state index in [1.807, 2.05) is 0 Å². The fraction of sp³-hybridized carbons (Fsp3) is 0.533. The SMILES string of the molecule is CC(C)CCN(c1ccc([N+](=O)[O-])cc1C#N)C1CC1. The van der Waals surface area contributed by atoms with Crippen LogP contribution in [-0.2, 0) is 0 Å². The molecule has 1 aliphatic carbocycles. The number of nitro benzene ring substituents is 1. The predicted molar refractivity (Wildman–Crippen MR) is 77.6 cm³/mol. The minimum absolute atomic E-state index is 0.0232. The molecule has 0 N–H and O–H groups in total. The van der Waals surface area contributed by atoms with Crippen LogP contribution in [0.15, 0.2) is 18.2 Å². The molecule has 0 aromatic heterocycles. The van der Waals surface area contributed by atoms with Crippen molar-refractivity contribution in [2.45, 2.75) is 39.2 Å². The van der Waals surface area contributed by atoms with E-state index in [0.29, 0.717) is 17.5 Å². The molecule has 0 bridgehead atoms. The zero-order valence-corrected chi connectivity index (χ0v) is 11.9. The maximum absolute atomic E-state index is 10.8. The number of nitriles is 1. The maximum Gasteiger partial charge on any atom is 0.270 e. The van der Waals surface area contributed by atoms with Gasteiger partial charge in [-0.05, 0) is 31.2 Å². The Balaban J connectivity index is 2.28. The molecule has 1 aromatic rings. The summed E-state index contributed by atoms with van der Waals surface area (Å²) in [6, 6.07) is 7.16. The smallest absolute Gasteiger partial charge is 0.270 e. The van der Waals surface area contributed by atoms with E-state index in [2.05, 4.69) is 24.8 Å². The van der Waals surface area contributed by atoms with Crippen molar-refractivity contribution >= 4 is 11.4 Å². The lowest BCUT2D eigenvalue weighted by molar-refractivity contribution is -0.384. The Bertz CT molecular complexity index is 545. The van der Waals surface area contributed by atoms with Crippen LogP contribution >= 0.6 is 0 Å². The van der Waals surface area contributed by atoms with E-state index in [0.717, 1.165) is 31.5 Å². The Kier molecular flexibility index (Phi) is 4.23. The fourth-order valence-electron chi connectivity index (χ4n) is 2.26. The van der Waals surface area contributed by atoms with Crippen molar-refractivity contribution in [3.63, 3.8) is 0 Å². The summed E-state index contributed by atoms with van der Waals surface area (Å²) in [5, 5.41) is 20.0. The summed E-state index contributed by atoms with van der Waals surface area (Å²) >= 11 is 0. The standard InChI is InChI=1S/C15H19N3O2/c1-11(2)7-8-17(13-3-4-13)15-6-5-14(18(19)20)9-12(15)10-16/h5-6,9,11,13H,3-4,7-8H2,1-2H3. The number of anilines is 1. The van der Waals surface area contributed by atoms with Gasteiger partial charge in [0.2, 0.25) is 0 Å². The first-order valence-electron chi connectivity index (χ1n) is 6.98. The molecular formula is C15H19N3O2. The van der Waals surface area contributed by atoms with Crippen LogP contribution in [0.5, 0.6) is 0 Å². The third-order valence-electron chi connectivity index (χ3n) is 3.56. The lowest BCUT2D eigenvalue weighted by atomic mass is 10.1. The predicted octanol–water partition coefficient (Wildman–Crippen LogP) is 3.48. The first-order valence-corrected chi connectivity index (χ1v) is 6.98. The minimum atomic E-state index is -0.458. The van der Waals surface area contributed by atoms with E-state index in [1.54, 1.807) is 6.07 Å². The Morgan fingerprint density at radius 2 is 2.20 bits per heavy atom. The second-order valence-corrected chi connectivity index (χ2v) is 5.68. The van der Waals surface area contributed by atoms with Gasteiger partial charge < -0.3 is 4.90 Å². The third kappa shape index (κ3) is 3.27. The maximum atomic E-state index is 10.8. The molecule has 0 spiro atoms. The van der Waals surface area contributed by atoms with Crippen molar-refractivity contribution in [1.29, 1.82) is 5.26 Å². The van der Waals surface area contributed by atoms with E-state index >= 15 is 0 Å². The molecule has 0 unspecified atom stereocenters. The molecule has 1 fully saturated rings. The van der Waals surface area contributed by atoms with Gasteiger partial charge in [0.25, 0.3) is 5.69 Å². The Morgan fingerprint density at radius 3 is 2.70 bits per heavy atom. The van der Waals surface area contributed by atoms with Crippen molar-refractivity contribution in [1.82, 2.24) is 0 Å². The van der Waals surface area contributed by atoms with E-state index in [-0.39, 0.29) is 5.69 Å². The summed E-state index contributed by atoms with van der Waals surface area (Å²) in [7, 11) is 0. The number of nitro groups is 1. The monoisotopic (exact) mass is 273 g/mol. The van der Waals surface area contributed by atoms with Crippen LogP contribution in [0.25, 0.3) is 0 Å². The largest absolute Gasteiger partial charge is 0.367 e. The molecule has 0 saturated heterocycles. The summed E-state index contributed by atoms with van der Waals surface area (Å²) in [5.41, 5.74) is 1.21. The number of rotatable bonds is 6. The molecular weight excluding hydrogens is 254 g/mol. The van der Waals surface area contributed by atoms with Gasteiger partial charge >= 0.3 is 0 Å². The second kappa shape index (κ2) is 5.91. The van der Waals surface area contributed by atoms with Crippen LogP contribution in [0.4, 0.5) is 11.4 Å². The van der Waals surface area contributed by atoms with Crippen molar-refractivity contribution < 1.29 is 4.92 Å². The van der Waals surface area contributed by atoms with E-state index in [9.17, 15) is 15.4 Å². The van der Waals surface area contributed by atoms with Crippen LogP contribution in [0.3, 0.4) is 0 Å². The molecule has 1 aliphatic rings. The van der Waals surface area contributed by atoms with Crippen molar-refractivity contribution in [3.05, 3.63) is 33.9 Å². The molecule has 106 valence electrons. The molecule has 1 aromatic carbocycles. The molecule has 2 rings (SSSR count). The molecule has 0 atom stereocenters. The van der Waals surface area contributed by atoms with Crippen LogP contribution in [-0.4, -0.2) is 17.5 Å². The van der Waals surface area contributed by atoms with Crippen LogP contribution in [0.2, 0.25) is 0 Å². The van der Waals surface area contributed by atoms with Crippen LogP contribution in [0, 0.1) is 27.4 Å². The molecule has 1 saturated carbocycles. The first kappa shape index (κ1) is 14.3. The van der Waals surface area contributed by atoms with Gasteiger partial charge in [0.05, 0.1) is 16.2 Å². The zero-order chi connectivity index (χ0) is 14.7. The molecule has 20 heavy (non-hydrogen) atoms. The van der Waals surface area contributed by atoms with E-state index in [1.165, 1.54) is 12.1 Å². The first-order chi connectivity index (χ1) is 9.52. The van der Waals surface area contributed by atoms with Gasteiger partial charge in [0, 0.05) is 24.7 Å². The zero-order valence-electron chi connectivity index (χ0n) is 11.9. The lowest BCUT2D eigenvalue weighted by Gasteiger charge is -2.26. The topological polar surface area (TPSA) is 70.2 Å². The Morgan fingerprint density at radius 1 is 1.50 bits per heavy atom. The highest BCUT2D eigenvalue weighted by molar-refractivity contribution is 5.64. The van der Waals surface area contributed by atoms with Gasteiger partial charge in [-0.1, -0.05) is 13.8 Å². The van der Waals surface area contributed by atoms with Crippen LogP contribution < -0.4 is 4.90 Å². The number of hydrogen-bond acceptors (Lipinski definition) is 4. The quantitative estimate of drug-likeness (QED) is 0.587. The summed E-state index contributed by atoms with van der Waals surface area (Å²) in [4.78, 5) is 12.6. The minimum Gasteiger partial charge on any atom is -0.367 e. The highest BCUT2D eigenvalue weighted by Crippen LogP contribution is 2.35. The van der Waals surface area contributed by atoms with Crippen molar-refractivity contribution in [2.24, 2.45) is 5.92 Å². The average Bonchev–Trinajstić information content (AvgIpc) is 3.23. The third-order valence-corrected chi connectivity index (χ3v) is 3.56. The molecule has 0 amide bonds. The van der Waals surface area contributed by atoms with Crippen LogP contribution in [0.1, 0.15) is 38.7 Å². The fourth-order valence-corrected chi connectivity index (χ4v) is 2.26. The van der Waals surface area contributed by atoms with Gasteiger partial charge in [-0.3, -0.25) is 10.1 Å². The van der Waals surface area contributed by atoms with Gasteiger partial charge in [-0.2, -0.15) is 5.26 Å². The Hall–Kier alpha value is -2.09. The highest BCUT2D eigenvalue weighted by atomic mass is 16.6. The number of hydrogen-bond donors (Lipinski definition) is 0. The lowest BCUT2D eigenvalue weighted by Crippen LogP contribution is -2.28. The Labute approximate surface area is 119 Å². The number of benzene rings is 1.